The quantitative estimate of drug-likeness (QED) is 0.275. The summed E-state index contributed by atoms with van der Waals surface area (Å²) in [5.41, 5.74) is 0. The van der Waals surface area contributed by atoms with E-state index in [1.54, 1.807) is 50.2 Å². The van der Waals surface area contributed by atoms with Crippen LogP contribution in [0.25, 0.3) is 0 Å². The Hall–Kier alpha value is 0.697. The number of rotatable bonds is 7. The van der Waals surface area contributed by atoms with Gasteiger partial charge in [0.2, 0.25) is 0 Å². The van der Waals surface area contributed by atoms with Crippen molar-refractivity contribution in [1.29, 1.82) is 0 Å². The highest BCUT2D eigenvalue weighted by molar-refractivity contribution is 9.09. The van der Waals surface area contributed by atoms with Gasteiger partial charge in [-0.15, -0.1) is 0 Å². The average molecular weight is 359 g/mol. The highest BCUT2D eigenvalue weighted by atomic mass is 79.9. The van der Waals surface area contributed by atoms with E-state index < -0.39 is 0 Å². The number of hydrogen-bond acceptors (Lipinski definition) is 0. The molecule has 1 saturated carbocycles. The summed E-state index contributed by atoms with van der Waals surface area (Å²) in [6, 6.07) is 5.03. The lowest BCUT2D eigenvalue weighted by Crippen LogP contribution is -2.22. The molecule has 0 spiro atoms. The third kappa shape index (κ3) is 6.21. The van der Waals surface area contributed by atoms with Crippen LogP contribution in [0.5, 0.6) is 0 Å². The second kappa shape index (κ2) is 9.66. The van der Waals surface area contributed by atoms with Crippen molar-refractivity contribution in [3.05, 3.63) is 0 Å². The largest absolute Gasteiger partial charge is 0.0891 e. The van der Waals surface area contributed by atoms with E-state index in [1.165, 1.54) is 38.5 Å². The lowest BCUT2D eigenvalue weighted by molar-refractivity contribution is 0.304. The molecule has 1 heterocycles. The maximum atomic E-state index is 3.78. The molecule has 1 saturated heterocycles. The molecule has 20 heavy (non-hydrogen) atoms. The molecular formula is C18H35BrSi. The van der Waals surface area contributed by atoms with Crippen LogP contribution in [-0.2, 0) is 0 Å². The Bertz CT molecular complexity index is 240. The maximum absolute atomic E-state index is 3.78. The first kappa shape index (κ1) is 17.1. The van der Waals surface area contributed by atoms with E-state index in [9.17, 15) is 0 Å². The van der Waals surface area contributed by atoms with Crippen LogP contribution in [0.4, 0.5) is 0 Å². The van der Waals surface area contributed by atoms with Gasteiger partial charge in [-0.3, -0.25) is 0 Å². The second-order valence-electron chi connectivity index (χ2n) is 7.58. The van der Waals surface area contributed by atoms with Crippen LogP contribution >= 0.6 is 15.9 Å². The molecular weight excluding hydrogens is 324 g/mol. The van der Waals surface area contributed by atoms with E-state index >= 15 is 0 Å². The van der Waals surface area contributed by atoms with Gasteiger partial charge in [0.05, 0.1) is 0 Å². The van der Waals surface area contributed by atoms with Crippen molar-refractivity contribution in [1.82, 2.24) is 0 Å². The maximum Gasteiger partial charge on any atom is 0.0368 e. The smallest absolute Gasteiger partial charge is 0.0368 e. The van der Waals surface area contributed by atoms with E-state index in [0.29, 0.717) is 0 Å². The number of alkyl halides is 1. The van der Waals surface area contributed by atoms with Crippen molar-refractivity contribution in [3.63, 3.8) is 0 Å². The molecule has 0 unspecified atom stereocenters. The minimum absolute atomic E-state index is 0.270. The summed E-state index contributed by atoms with van der Waals surface area (Å²) in [6.07, 6.45) is 16.6. The molecule has 0 amide bonds. The molecule has 2 heteroatoms. The van der Waals surface area contributed by atoms with Gasteiger partial charge in [-0.05, 0) is 37.5 Å². The molecule has 2 rings (SSSR count). The lowest BCUT2D eigenvalue weighted by Gasteiger charge is -2.30. The fourth-order valence-electron chi connectivity index (χ4n) is 4.37. The Morgan fingerprint density at radius 1 is 0.850 bits per heavy atom. The molecule has 0 bridgehead atoms. The van der Waals surface area contributed by atoms with E-state index in [-0.39, 0.29) is 8.80 Å². The van der Waals surface area contributed by atoms with Gasteiger partial charge >= 0.3 is 0 Å². The third-order valence-corrected chi connectivity index (χ3v) is 10.4. The van der Waals surface area contributed by atoms with Gasteiger partial charge in [-0.1, -0.05) is 85.9 Å². The Morgan fingerprint density at radius 2 is 1.45 bits per heavy atom. The van der Waals surface area contributed by atoms with Gasteiger partial charge in [0.1, 0.15) is 0 Å². The molecule has 0 atom stereocenters. The number of hydrogen-bond donors (Lipinski definition) is 0. The van der Waals surface area contributed by atoms with Crippen LogP contribution in [-0.4, -0.2) is 13.6 Å². The third-order valence-electron chi connectivity index (χ3n) is 5.94. The van der Waals surface area contributed by atoms with Crippen molar-refractivity contribution >= 4 is 24.7 Å². The predicted octanol–water partition coefficient (Wildman–Crippen LogP) is 6.55. The van der Waals surface area contributed by atoms with Crippen LogP contribution in [0.1, 0.15) is 77.6 Å². The summed E-state index contributed by atoms with van der Waals surface area (Å²) in [7, 11) is -0.270. The topological polar surface area (TPSA) is 0 Å². The first-order valence-corrected chi connectivity index (χ1v) is 12.8. The highest BCUT2D eigenvalue weighted by Crippen LogP contribution is 2.36. The van der Waals surface area contributed by atoms with Gasteiger partial charge in [0.25, 0.3) is 0 Å². The van der Waals surface area contributed by atoms with Gasteiger partial charge < -0.3 is 0 Å². The molecule has 0 radical (unpaired) electrons. The standard InChI is InChI=1S/C18H35BrSi/c1-2-3-4-13-20-14-11-17(12-15-20)6-5-16-7-9-18(19)10-8-16/h16-18,20H,2-15H2,1H3/t16?,17-,18?,20-. The summed E-state index contributed by atoms with van der Waals surface area (Å²) in [5, 5.41) is 0. The van der Waals surface area contributed by atoms with Crippen molar-refractivity contribution in [2.45, 2.75) is 101 Å². The highest BCUT2D eigenvalue weighted by Gasteiger charge is 2.24. The van der Waals surface area contributed by atoms with E-state index in [0.717, 1.165) is 16.7 Å². The molecule has 0 aromatic heterocycles. The molecule has 118 valence electrons. The molecule has 0 nitrogen and oxygen atoms in total. The predicted molar refractivity (Wildman–Crippen MR) is 97.7 cm³/mol. The van der Waals surface area contributed by atoms with Gasteiger partial charge in [0.15, 0.2) is 0 Å². The minimum Gasteiger partial charge on any atom is -0.0891 e. The zero-order chi connectivity index (χ0) is 14.2. The van der Waals surface area contributed by atoms with Gasteiger partial charge in [0, 0.05) is 13.6 Å². The Balaban J connectivity index is 1.53. The molecule has 2 aliphatic rings. The fraction of sp³-hybridized carbons (Fsp3) is 1.00. The van der Waals surface area contributed by atoms with Crippen molar-refractivity contribution < 1.29 is 0 Å². The minimum atomic E-state index is -0.270. The van der Waals surface area contributed by atoms with Gasteiger partial charge in [-0.25, -0.2) is 0 Å². The number of unbranched alkanes of at least 4 members (excludes halogenated alkanes) is 2. The zero-order valence-electron chi connectivity index (χ0n) is 13.6. The normalized spacial score (nSPS) is 35.1. The van der Waals surface area contributed by atoms with Crippen molar-refractivity contribution in [3.8, 4) is 0 Å². The average Bonchev–Trinajstić information content (AvgIpc) is 2.48. The van der Waals surface area contributed by atoms with E-state index in [1.807, 2.05) is 0 Å². The van der Waals surface area contributed by atoms with Gasteiger partial charge in [-0.2, -0.15) is 0 Å². The summed E-state index contributed by atoms with van der Waals surface area (Å²) in [4.78, 5) is 0.836. The summed E-state index contributed by atoms with van der Waals surface area (Å²) in [6.45, 7) is 2.33. The van der Waals surface area contributed by atoms with Crippen molar-refractivity contribution in [2.75, 3.05) is 0 Å². The molecule has 1 aliphatic carbocycles. The molecule has 0 aromatic rings. The second-order valence-corrected chi connectivity index (χ2v) is 12.3. The summed E-state index contributed by atoms with van der Waals surface area (Å²) < 4.78 is 0. The summed E-state index contributed by atoms with van der Waals surface area (Å²) in [5.74, 6) is 2.19. The SMILES string of the molecule is CCCCC[Si@H]1CC[C@H](CCC2CCC(Br)CC2)CC1. The Labute approximate surface area is 137 Å². The Kier molecular flexibility index (Phi) is 8.24. The summed E-state index contributed by atoms with van der Waals surface area (Å²) >= 11 is 3.78. The first-order chi connectivity index (χ1) is 9.78. The van der Waals surface area contributed by atoms with Crippen LogP contribution in [0.3, 0.4) is 0 Å². The monoisotopic (exact) mass is 358 g/mol. The van der Waals surface area contributed by atoms with E-state index in [4.69, 9.17) is 0 Å². The first-order valence-electron chi connectivity index (χ1n) is 9.42. The van der Waals surface area contributed by atoms with E-state index in [2.05, 4.69) is 22.9 Å². The van der Waals surface area contributed by atoms with Crippen molar-refractivity contribution in [2.24, 2.45) is 11.8 Å². The van der Waals surface area contributed by atoms with Crippen LogP contribution in [0, 0.1) is 11.8 Å². The lowest BCUT2D eigenvalue weighted by atomic mass is 9.83. The van der Waals surface area contributed by atoms with Crippen LogP contribution in [0.15, 0.2) is 0 Å². The Morgan fingerprint density at radius 3 is 2.05 bits per heavy atom. The molecule has 0 N–H and O–H groups in total. The molecule has 0 aromatic carbocycles. The van der Waals surface area contributed by atoms with Crippen LogP contribution < -0.4 is 0 Å². The number of halogens is 1. The van der Waals surface area contributed by atoms with Crippen LogP contribution in [0.2, 0.25) is 18.1 Å². The molecule has 1 aliphatic heterocycles. The molecule has 2 fully saturated rings. The zero-order valence-corrected chi connectivity index (χ0v) is 16.3. The fourth-order valence-corrected chi connectivity index (χ4v) is 8.52.